The first-order valence-electron chi connectivity index (χ1n) is 5.90. The SMILES string of the molecule is O=C(CNc1ccc(Cl)cc1Br)Nc1c(F)cccc1F. The molecule has 0 spiro atoms. The Morgan fingerprint density at radius 2 is 1.86 bits per heavy atom. The number of rotatable bonds is 4. The number of hydrogen-bond donors (Lipinski definition) is 2. The van der Waals surface area contributed by atoms with Gasteiger partial charge < -0.3 is 10.6 Å². The van der Waals surface area contributed by atoms with Crippen molar-refractivity contribution < 1.29 is 13.6 Å². The predicted octanol–water partition coefficient (Wildman–Crippen LogP) is 4.43. The molecule has 0 radical (unpaired) electrons. The molecule has 0 aliphatic carbocycles. The standard InChI is InChI=1S/C14H10BrClF2N2O/c15-9-6-8(16)4-5-12(9)19-7-13(21)20-14-10(17)2-1-3-11(14)18/h1-6,19H,7H2,(H,20,21). The van der Waals surface area contributed by atoms with Crippen LogP contribution >= 0.6 is 27.5 Å². The first kappa shape index (κ1) is 15.7. The van der Waals surface area contributed by atoms with Gasteiger partial charge in [0.05, 0.1) is 6.54 Å². The van der Waals surface area contributed by atoms with Crippen LogP contribution in [0.5, 0.6) is 0 Å². The van der Waals surface area contributed by atoms with Crippen LogP contribution in [-0.2, 0) is 4.79 Å². The van der Waals surface area contributed by atoms with E-state index in [1.54, 1.807) is 18.2 Å². The van der Waals surface area contributed by atoms with Crippen molar-refractivity contribution in [2.75, 3.05) is 17.2 Å². The number of carbonyl (C=O) groups is 1. The van der Waals surface area contributed by atoms with Gasteiger partial charge >= 0.3 is 0 Å². The molecule has 2 aromatic carbocycles. The van der Waals surface area contributed by atoms with Gasteiger partial charge in [0.15, 0.2) is 0 Å². The normalized spacial score (nSPS) is 10.3. The third kappa shape index (κ3) is 4.15. The number of carbonyl (C=O) groups excluding carboxylic acids is 1. The molecule has 0 saturated heterocycles. The van der Waals surface area contributed by atoms with Crippen LogP contribution in [0.4, 0.5) is 20.2 Å². The molecule has 0 heterocycles. The summed E-state index contributed by atoms with van der Waals surface area (Å²) in [5.41, 5.74) is 0.183. The van der Waals surface area contributed by atoms with Gasteiger partial charge in [-0.05, 0) is 46.3 Å². The van der Waals surface area contributed by atoms with Gasteiger partial charge in [0.2, 0.25) is 5.91 Å². The minimum atomic E-state index is -0.823. The molecule has 0 bridgehead atoms. The number of anilines is 2. The fraction of sp³-hybridized carbons (Fsp3) is 0.0714. The molecule has 0 saturated carbocycles. The molecule has 2 N–H and O–H groups in total. The average Bonchev–Trinajstić information content (AvgIpc) is 2.42. The Bertz CT molecular complexity index is 662. The van der Waals surface area contributed by atoms with E-state index in [0.29, 0.717) is 15.2 Å². The zero-order valence-electron chi connectivity index (χ0n) is 10.6. The zero-order valence-corrected chi connectivity index (χ0v) is 12.9. The first-order chi connectivity index (χ1) is 9.97. The lowest BCUT2D eigenvalue weighted by Crippen LogP contribution is -2.23. The Hall–Kier alpha value is -1.66. The average molecular weight is 376 g/mol. The molecule has 0 unspecified atom stereocenters. The van der Waals surface area contributed by atoms with E-state index in [0.717, 1.165) is 12.1 Å². The summed E-state index contributed by atoms with van der Waals surface area (Å²) >= 11 is 9.09. The van der Waals surface area contributed by atoms with E-state index in [1.165, 1.54) is 6.07 Å². The molecule has 2 aromatic rings. The molecule has 0 fully saturated rings. The van der Waals surface area contributed by atoms with E-state index in [4.69, 9.17) is 11.6 Å². The molecule has 7 heteroatoms. The van der Waals surface area contributed by atoms with Crippen LogP contribution in [0, 0.1) is 11.6 Å². The lowest BCUT2D eigenvalue weighted by molar-refractivity contribution is -0.114. The lowest BCUT2D eigenvalue weighted by atomic mass is 10.3. The number of benzene rings is 2. The number of para-hydroxylation sites is 1. The minimum absolute atomic E-state index is 0.145. The van der Waals surface area contributed by atoms with E-state index >= 15 is 0 Å². The Kier molecular flexibility index (Phi) is 5.14. The molecule has 21 heavy (non-hydrogen) atoms. The fourth-order valence-electron chi connectivity index (χ4n) is 1.61. The van der Waals surface area contributed by atoms with Crippen molar-refractivity contribution >= 4 is 44.8 Å². The smallest absolute Gasteiger partial charge is 0.243 e. The molecular formula is C14H10BrClF2N2O. The third-order valence-corrected chi connectivity index (χ3v) is 3.49. The van der Waals surface area contributed by atoms with E-state index in [2.05, 4.69) is 26.6 Å². The second-order valence-electron chi connectivity index (χ2n) is 4.12. The van der Waals surface area contributed by atoms with Gasteiger partial charge in [-0.25, -0.2) is 8.78 Å². The van der Waals surface area contributed by atoms with Crippen molar-refractivity contribution in [3.05, 3.63) is 57.5 Å². The third-order valence-electron chi connectivity index (χ3n) is 2.60. The molecule has 3 nitrogen and oxygen atoms in total. The Balaban J connectivity index is 1.99. The number of nitrogens with one attached hydrogen (secondary N) is 2. The Morgan fingerprint density at radius 1 is 1.19 bits per heavy atom. The van der Waals surface area contributed by atoms with Crippen LogP contribution in [-0.4, -0.2) is 12.5 Å². The van der Waals surface area contributed by atoms with Crippen LogP contribution in [0.2, 0.25) is 5.02 Å². The topological polar surface area (TPSA) is 41.1 Å². The van der Waals surface area contributed by atoms with E-state index < -0.39 is 23.2 Å². The van der Waals surface area contributed by atoms with Crippen LogP contribution in [0.25, 0.3) is 0 Å². The summed E-state index contributed by atoms with van der Waals surface area (Å²) in [6, 6.07) is 8.37. The highest BCUT2D eigenvalue weighted by Gasteiger charge is 2.12. The van der Waals surface area contributed by atoms with Gasteiger partial charge in [0.1, 0.15) is 17.3 Å². The monoisotopic (exact) mass is 374 g/mol. The molecular weight excluding hydrogens is 366 g/mol. The molecule has 2 rings (SSSR count). The van der Waals surface area contributed by atoms with Gasteiger partial charge in [-0.2, -0.15) is 0 Å². The molecule has 1 amide bonds. The quantitative estimate of drug-likeness (QED) is 0.830. The van der Waals surface area contributed by atoms with Crippen LogP contribution in [0.3, 0.4) is 0 Å². The van der Waals surface area contributed by atoms with Crippen molar-refractivity contribution in [3.63, 3.8) is 0 Å². The first-order valence-corrected chi connectivity index (χ1v) is 7.07. The van der Waals surface area contributed by atoms with E-state index in [9.17, 15) is 13.6 Å². The van der Waals surface area contributed by atoms with Gasteiger partial charge in [-0.1, -0.05) is 17.7 Å². The maximum atomic E-state index is 13.4. The van der Waals surface area contributed by atoms with Gasteiger partial charge in [0.25, 0.3) is 0 Å². The van der Waals surface area contributed by atoms with E-state index in [-0.39, 0.29) is 6.54 Å². The highest BCUT2D eigenvalue weighted by Crippen LogP contribution is 2.25. The zero-order chi connectivity index (χ0) is 15.4. The molecule has 0 aliphatic heterocycles. The minimum Gasteiger partial charge on any atom is -0.375 e. The molecule has 110 valence electrons. The van der Waals surface area contributed by atoms with Crippen molar-refractivity contribution in [1.82, 2.24) is 0 Å². The van der Waals surface area contributed by atoms with Crippen molar-refractivity contribution in [2.45, 2.75) is 0 Å². The largest absolute Gasteiger partial charge is 0.375 e. The van der Waals surface area contributed by atoms with Crippen molar-refractivity contribution in [3.8, 4) is 0 Å². The highest BCUT2D eigenvalue weighted by molar-refractivity contribution is 9.10. The van der Waals surface area contributed by atoms with Crippen molar-refractivity contribution in [1.29, 1.82) is 0 Å². The van der Waals surface area contributed by atoms with Crippen LogP contribution in [0.1, 0.15) is 0 Å². The predicted molar refractivity (Wildman–Crippen MR) is 82.6 cm³/mol. The molecule has 0 atom stereocenters. The molecule has 0 aromatic heterocycles. The summed E-state index contributed by atoms with van der Waals surface area (Å²) in [7, 11) is 0. The number of halogens is 4. The fourth-order valence-corrected chi connectivity index (χ4v) is 2.43. The van der Waals surface area contributed by atoms with E-state index in [1.807, 2.05) is 0 Å². The summed E-state index contributed by atoms with van der Waals surface area (Å²) in [4.78, 5) is 11.7. The van der Waals surface area contributed by atoms with Crippen LogP contribution < -0.4 is 10.6 Å². The van der Waals surface area contributed by atoms with Gasteiger partial charge in [-0.15, -0.1) is 0 Å². The number of amides is 1. The second kappa shape index (κ2) is 6.87. The van der Waals surface area contributed by atoms with Crippen molar-refractivity contribution in [2.24, 2.45) is 0 Å². The summed E-state index contributed by atoms with van der Waals surface area (Å²) in [6.45, 7) is -0.145. The number of hydrogen-bond acceptors (Lipinski definition) is 2. The maximum absolute atomic E-state index is 13.4. The Morgan fingerprint density at radius 3 is 2.48 bits per heavy atom. The summed E-state index contributed by atoms with van der Waals surface area (Å²) in [5.74, 6) is -2.21. The van der Waals surface area contributed by atoms with Crippen LogP contribution in [0.15, 0.2) is 40.9 Å². The van der Waals surface area contributed by atoms with Gasteiger partial charge in [0, 0.05) is 15.2 Å². The Labute approximate surface area is 133 Å². The highest BCUT2D eigenvalue weighted by atomic mass is 79.9. The summed E-state index contributed by atoms with van der Waals surface area (Å²) in [6.07, 6.45) is 0. The summed E-state index contributed by atoms with van der Waals surface area (Å²) in [5, 5.41) is 5.57. The molecule has 0 aliphatic rings. The summed E-state index contributed by atoms with van der Waals surface area (Å²) < 4.78 is 27.5. The maximum Gasteiger partial charge on any atom is 0.243 e. The second-order valence-corrected chi connectivity index (χ2v) is 5.41. The van der Waals surface area contributed by atoms with Gasteiger partial charge in [-0.3, -0.25) is 4.79 Å². The lowest BCUT2D eigenvalue weighted by Gasteiger charge is -2.10.